The first-order valence-corrected chi connectivity index (χ1v) is 6.09. The molecular weight excluding hydrogens is 264 g/mol. The molecule has 0 unspecified atom stereocenters. The Morgan fingerprint density at radius 1 is 1.35 bits per heavy atom. The van der Waals surface area contributed by atoms with E-state index < -0.39 is 23.4 Å². The van der Waals surface area contributed by atoms with Gasteiger partial charge in [-0.3, -0.25) is 14.9 Å². The number of hydrogen-bond donors (Lipinski definition) is 1. The Bertz CT molecular complexity index is 513. The van der Waals surface area contributed by atoms with Crippen LogP contribution in [-0.4, -0.2) is 30.0 Å². The lowest BCUT2D eigenvalue weighted by molar-refractivity contribution is -0.385. The van der Waals surface area contributed by atoms with E-state index in [0.29, 0.717) is 6.54 Å². The van der Waals surface area contributed by atoms with Gasteiger partial charge in [-0.25, -0.2) is 4.79 Å². The number of nitro groups is 1. The normalized spacial score (nSPS) is 10.2. The molecule has 0 aromatic heterocycles. The molecule has 0 fully saturated rings. The summed E-state index contributed by atoms with van der Waals surface area (Å²) in [5.41, 5.74) is -0.519. The van der Waals surface area contributed by atoms with Crippen LogP contribution in [0.5, 0.6) is 0 Å². The molecule has 0 spiro atoms. The van der Waals surface area contributed by atoms with Crippen LogP contribution in [0.15, 0.2) is 24.3 Å². The maximum Gasteiger partial charge on any atom is 0.345 e. The molecule has 20 heavy (non-hydrogen) atoms. The summed E-state index contributed by atoms with van der Waals surface area (Å²) in [7, 11) is 0. The third kappa shape index (κ3) is 4.68. The van der Waals surface area contributed by atoms with E-state index in [-0.39, 0.29) is 17.2 Å². The highest BCUT2D eigenvalue weighted by molar-refractivity contribution is 5.95. The van der Waals surface area contributed by atoms with E-state index in [1.807, 2.05) is 13.8 Å². The number of nitro benzene ring substituents is 1. The molecule has 0 aliphatic rings. The van der Waals surface area contributed by atoms with Crippen LogP contribution >= 0.6 is 0 Å². The van der Waals surface area contributed by atoms with Crippen LogP contribution in [0.4, 0.5) is 5.69 Å². The standard InChI is InChI=1S/C13H16N2O5/c1-9(2)7-14-12(16)8-20-13(17)10-5-3-4-6-11(10)15(18)19/h3-6,9H,7-8H2,1-2H3,(H,14,16). The van der Waals surface area contributed by atoms with Crippen molar-refractivity contribution < 1.29 is 19.2 Å². The minimum atomic E-state index is -0.892. The number of nitrogens with one attached hydrogen (secondary N) is 1. The molecule has 1 amide bonds. The van der Waals surface area contributed by atoms with Crippen molar-refractivity contribution in [1.29, 1.82) is 0 Å². The Balaban J connectivity index is 2.60. The van der Waals surface area contributed by atoms with Crippen LogP contribution in [0.2, 0.25) is 0 Å². The first-order chi connectivity index (χ1) is 9.41. The van der Waals surface area contributed by atoms with Gasteiger partial charge in [0.2, 0.25) is 0 Å². The van der Waals surface area contributed by atoms with E-state index in [9.17, 15) is 19.7 Å². The largest absolute Gasteiger partial charge is 0.452 e. The van der Waals surface area contributed by atoms with Gasteiger partial charge in [-0.15, -0.1) is 0 Å². The molecule has 0 aliphatic carbocycles. The van der Waals surface area contributed by atoms with Gasteiger partial charge in [-0.05, 0) is 12.0 Å². The van der Waals surface area contributed by atoms with Gasteiger partial charge in [-0.2, -0.15) is 0 Å². The lowest BCUT2D eigenvalue weighted by atomic mass is 10.2. The highest BCUT2D eigenvalue weighted by Crippen LogP contribution is 2.18. The molecule has 1 rings (SSSR count). The molecule has 7 nitrogen and oxygen atoms in total. The number of carbonyl (C=O) groups is 2. The Morgan fingerprint density at radius 2 is 2.00 bits per heavy atom. The Hall–Kier alpha value is -2.44. The van der Waals surface area contributed by atoms with Crippen molar-refractivity contribution in [2.75, 3.05) is 13.2 Å². The molecule has 0 heterocycles. The predicted octanol–water partition coefficient (Wildman–Crippen LogP) is 1.52. The molecule has 0 radical (unpaired) electrons. The highest BCUT2D eigenvalue weighted by Gasteiger charge is 2.21. The quantitative estimate of drug-likeness (QED) is 0.484. The second-order valence-electron chi connectivity index (χ2n) is 4.55. The zero-order valence-electron chi connectivity index (χ0n) is 11.3. The van der Waals surface area contributed by atoms with Gasteiger partial charge in [0.1, 0.15) is 5.56 Å². The summed E-state index contributed by atoms with van der Waals surface area (Å²) in [6.45, 7) is 3.87. The van der Waals surface area contributed by atoms with Crippen LogP contribution in [0.1, 0.15) is 24.2 Å². The van der Waals surface area contributed by atoms with Crippen molar-refractivity contribution >= 4 is 17.6 Å². The number of amides is 1. The topological polar surface area (TPSA) is 98.5 Å². The summed E-state index contributed by atoms with van der Waals surface area (Å²) in [6, 6.07) is 5.43. The minimum absolute atomic E-state index is 0.172. The summed E-state index contributed by atoms with van der Waals surface area (Å²) in [5.74, 6) is -1.05. The van der Waals surface area contributed by atoms with Crippen molar-refractivity contribution in [2.45, 2.75) is 13.8 Å². The molecule has 1 aromatic carbocycles. The second-order valence-corrected chi connectivity index (χ2v) is 4.55. The number of para-hydroxylation sites is 1. The van der Waals surface area contributed by atoms with E-state index in [0.717, 1.165) is 0 Å². The van der Waals surface area contributed by atoms with Crippen LogP contribution in [0, 0.1) is 16.0 Å². The third-order valence-electron chi connectivity index (χ3n) is 2.36. The van der Waals surface area contributed by atoms with Gasteiger partial charge < -0.3 is 10.1 Å². The van der Waals surface area contributed by atoms with Crippen molar-refractivity contribution in [1.82, 2.24) is 5.32 Å². The number of esters is 1. The zero-order chi connectivity index (χ0) is 15.1. The van der Waals surface area contributed by atoms with Crippen molar-refractivity contribution in [3.8, 4) is 0 Å². The van der Waals surface area contributed by atoms with Crippen LogP contribution in [0.3, 0.4) is 0 Å². The summed E-state index contributed by atoms with van der Waals surface area (Å²) < 4.78 is 4.76. The van der Waals surface area contributed by atoms with Gasteiger partial charge in [0.15, 0.2) is 6.61 Å². The van der Waals surface area contributed by atoms with Gasteiger partial charge in [-0.1, -0.05) is 26.0 Å². The fourth-order valence-electron chi connectivity index (χ4n) is 1.38. The maximum atomic E-state index is 11.7. The van der Waals surface area contributed by atoms with Crippen LogP contribution in [-0.2, 0) is 9.53 Å². The molecule has 0 saturated carbocycles. The van der Waals surface area contributed by atoms with E-state index in [1.54, 1.807) is 0 Å². The first-order valence-electron chi connectivity index (χ1n) is 6.09. The molecule has 1 N–H and O–H groups in total. The summed E-state index contributed by atoms with van der Waals surface area (Å²) in [5, 5.41) is 13.3. The Morgan fingerprint density at radius 3 is 2.60 bits per heavy atom. The fourth-order valence-corrected chi connectivity index (χ4v) is 1.38. The lowest BCUT2D eigenvalue weighted by Crippen LogP contribution is -2.31. The molecule has 0 bridgehead atoms. The number of nitrogens with zero attached hydrogens (tertiary/aromatic N) is 1. The van der Waals surface area contributed by atoms with Crippen LogP contribution < -0.4 is 5.32 Å². The third-order valence-corrected chi connectivity index (χ3v) is 2.36. The average molecular weight is 280 g/mol. The van der Waals surface area contributed by atoms with Crippen molar-refractivity contribution in [2.24, 2.45) is 5.92 Å². The molecule has 0 saturated heterocycles. The summed E-state index contributed by atoms with van der Waals surface area (Å²) >= 11 is 0. The van der Waals surface area contributed by atoms with Crippen molar-refractivity contribution in [3.63, 3.8) is 0 Å². The fraction of sp³-hybridized carbons (Fsp3) is 0.385. The molecule has 1 aromatic rings. The van der Waals surface area contributed by atoms with Gasteiger partial charge in [0.05, 0.1) is 4.92 Å². The summed E-state index contributed by atoms with van der Waals surface area (Å²) in [4.78, 5) is 33.2. The Kier molecular flexibility index (Phi) is 5.64. The van der Waals surface area contributed by atoms with Gasteiger partial charge >= 0.3 is 5.97 Å². The number of carbonyl (C=O) groups excluding carboxylic acids is 2. The van der Waals surface area contributed by atoms with E-state index in [4.69, 9.17) is 4.74 Å². The maximum absolute atomic E-state index is 11.7. The number of benzene rings is 1. The summed E-state index contributed by atoms with van der Waals surface area (Å²) in [6.07, 6.45) is 0. The average Bonchev–Trinajstić information content (AvgIpc) is 2.42. The molecule has 108 valence electrons. The monoisotopic (exact) mass is 280 g/mol. The number of rotatable bonds is 6. The van der Waals surface area contributed by atoms with Crippen LogP contribution in [0.25, 0.3) is 0 Å². The van der Waals surface area contributed by atoms with E-state index in [1.165, 1.54) is 24.3 Å². The number of ether oxygens (including phenoxy) is 1. The van der Waals surface area contributed by atoms with Gasteiger partial charge in [0.25, 0.3) is 11.6 Å². The Labute approximate surface area is 116 Å². The molecule has 0 atom stereocenters. The zero-order valence-corrected chi connectivity index (χ0v) is 11.3. The second kappa shape index (κ2) is 7.22. The lowest BCUT2D eigenvalue weighted by Gasteiger charge is -2.08. The van der Waals surface area contributed by atoms with E-state index >= 15 is 0 Å². The molecule has 0 aliphatic heterocycles. The van der Waals surface area contributed by atoms with Crippen molar-refractivity contribution in [3.05, 3.63) is 39.9 Å². The molecular formula is C13H16N2O5. The van der Waals surface area contributed by atoms with E-state index in [2.05, 4.69) is 5.32 Å². The molecule has 7 heteroatoms. The first kappa shape index (κ1) is 15.6. The predicted molar refractivity (Wildman–Crippen MR) is 71.2 cm³/mol. The minimum Gasteiger partial charge on any atom is -0.452 e. The van der Waals surface area contributed by atoms with Gasteiger partial charge in [0, 0.05) is 12.6 Å². The number of hydrogen-bond acceptors (Lipinski definition) is 5. The SMILES string of the molecule is CC(C)CNC(=O)COC(=O)c1ccccc1[N+](=O)[O-]. The smallest absolute Gasteiger partial charge is 0.345 e. The highest BCUT2D eigenvalue weighted by atomic mass is 16.6.